The zero-order valence-electron chi connectivity index (χ0n) is 12.3. The van der Waals surface area contributed by atoms with Crippen molar-refractivity contribution in [2.24, 2.45) is 10.7 Å². The number of guanidine groups is 1. The van der Waals surface area contributed by atoms with Gasteiger partial charge >= 0.3 is 0 Å². The predicted molar refractivity (Wildman–Crippen MR) is 83.6 cm³/mol. The standard InChI is InChI=1S/C15H26N4/c1-13(2)19(3)12-8-7-11-17-15(16)18-14-9-5-4-6-10-14/h4-6,9-10,13H,7-8,11-12H2,1-3H3,(H3,16,17,18). The Labute approximate surface area is 116 Å². The highest BCUT2D eigenvalue weighted by Crippen LogP contribution is 2.04. The lowest BCUT2D eigenvalue weighted by atomic mass is 10.2. The van der Waals surface area contributed by atoms with Crippen LogP contribution in [0.15, 0.2) is 35.3 Å². The molecular formula is C15H26N4. The Morgan fingerprint density at radius 2 is 1.95 bits per heavy atom. The lowest BCUT2D eigenvalue weighted by molar-refractivity contribution is 0.269. The van der Waals surface area contributed by atoms with Crippen LogP contribution in [0.3, 0.4) is 0 Å². The molecule has 1 aromatic rings. The van der Waals surface area contributed by atoms with Crippen molar-refractivity contribution in [3.63, 3.8) is 0 Å². The highest BCUT2D eigenvalue weighted by atomic mass is 15.1. The van der Waals surface area contributed by atoms with Crippen LogP contribution in [0.1, 0.15) is 26.7 Å². The molecule has 19 heavy (non-hydrogen) atoms. The van der Waals surface area contributed by atoms with E-state index in [2.05, 4.69) is 36.1 Å². The Bertz CT molecular complexity index is 373. The second-order valence-electron chi connectivity index (χ2n) is 5.04. The highest BCUT2D eigenvalue weighted by Gasteiger charge is 2.01. The van der Waals surface area contributed by atoms with Crippen molar-refractivity contribution in [2.45, 2.75) is 32.7 Å². The van der Waals surface area contributed by atoms with Crippen LogP contribution in [0.2, 0.25) is 0 Å². The smallest absolute Gasteiger partial charge is 0.193 e. The maximum Gasteiger partial charge on any atom is 0.193 e. The van der Waals surface area contributed by atoms with Gasteiger partial charge in [-0.15, -0.1) is 0 Å². The first-order valence-electron chi connectivity index (χ1n) is 6.92. The van der Waals surface area contributed by atoms with E-state index in [1.807, 2.05) is 30.3 Å². The van der Waals surface area contributed by atoms with E-state index >= 15 is 0 Å². The number of nitrogens with zero attached hydrogens (tertiary/aromatic N) is 2. The molecule has 0 amide bonds. The summed E-state index contributed by atoms with van der Waals surface area (Å²) in [7, 11) is 2.15. The van der Waals surface area contributed by atoms with E-state index in [1.54, 1.807) is 0 Å². The predicted octanol–water partition coefficient (Wildman–Crippen LogP) is 2.53. The third-order valence-corrected chi connectivity index (χ3v) is 3.13. The van der Waals surface area contributed by atoms with Gasteiger partial charge in [0.1, 0.15) is 0 Å². The van der Waals surface area contributed by atoms with Gasteiger partial charge in [0.2, 0.25) is 0 Å². The molecule has 0 saturated heterocycles. The molecule has 0 atom stereocenters. The van der Waals surface area contributed by atoms with Crippen LogP contribution < -0.4 is 11.1 Å². The van der Waals surface area contributed by atoms with Crippen molar-refractivity contribution >= 4 is 11.6 Å². The fraction of sp³-hybridized carbons (Fsp3) is 0.533. The lowest BCUT2D eigenvalue weighted by Gasteiger charge is -2.20. The number of anilines is 1. The minimum absolute atomic E-state index is 0.489. The first-order valence-corrected chi connectivity index (χ1v) is 6.92. The van der Waals surface area contributed by atoms with Gasteiger partial charge in [0.25, 0.3) is 0 Å². The molecule has 0 spiro atoms. The summed E-state index contributed by atoms with van der Waals surface area (Å²) in [6.07, 6.45) is 2.21. The molecule has 1 aromatic carbocycles. The van der Waals surface area contributed by atoms with Gasteiger partial charge < -0.3 is 16.0 Å². The van der Waals surface area contributed by atoms with Gasteiger partial charge in [0.15, 0.2) is 5.96 Å². The number of rotatable bonds is 7. The molecule has 3 N–H and O–H groups in total. The SMILES string of the molecule is CC(C)N(C)CCCCN=C(N)Nc1ccccc1. The van der Waals surface area contributed by atoms with Crippen LogP contribution >= 0.6 is 0 Å². The molecule has 1 rings (SSSR count). The third kappa shape index (κ3) is 6.82. The summed E-state index contributed by atoms with van der Waals surface area (Å²) >= 11 is 0. The average Bonchev–Trinajstić information content (AvgIpc) is 2.39. The molecule has 4 nitrogen and oxygen atoms in total. The second-order valence-corrected chi connectivity index (χ2v) is 5.04. The zero-order valence-corrected chi connectivity index (χ0v) is 12.3. The fourth-order valence-electron chi connectivity index (χ4n) is 1.64. The molecule has 0 aliphatic carbocycles. The van der Waals surface area contributed by atoms with Crippen molar-refractivity contribution in [3.05, 3.63) is 30.3 Å². The van der Waals surface area contributed by atoms with Crippen molar-refractivity contribution in [2.75, 3.05) is 25.5 Å². The molecule has 0 bridgehead atoms. The van der Waals surface area contributed by atoms with Crippen molar-refractivity contribution in [1.29, 1.82) is 0 Å². The monoisotopic (exact) mass is 262 g/mol. The zero-order chi connectivity index (χ0) is 14.1. The molecule has 0 aliphatic rings. The Morgan fingerprint density at radius 1 is 1.26 bits per heavy atom. The van der Waals surface area contributed by atoms with Crippen LogP contribution in [-0.2, 0) is 0 Å². The number of nitrogens with one attached hydrogen (secondary N) is 1. The number of aliphatic imine (C=N–C) groups is 1. The molecule has 0 unspecified atom stereocenters. The van der Waals surface area contributed by atoms with E-state index < -0.39 is 0 Å². The average molecular weight is 262 g/mol. The summed E-state index contributed by atoms with van der Waals surface area (Å²) in [4.78, 5) is 6.67. The third-order valence-electron chi connectivity index (χ3n) is 3.13. The molecule has 0 heterocycles. The Hall–Kier alpha value is -1.55. The molecule has 106 valence electrons. The molecule has 4 heteroatoms. The minimum atomic E-state index is 0.489. The maximum absolute atomic E-state index is 5.82. The first kappa shape index (κ1) is 15.5. The number of para-hydroxylation sites is 1. The normalized spacial score (nSPS) is 12.2. The summed E-state index contributed by atoms with van der Waals surface area (Å²) < 4.78 is 0. The van der Waals surface area contributed by atoms with Crippen LogP contribution in [0.4, 0.5) is 5.69 Å². The van der Waals surface area contributed by atoms with Crippen molar-refractivity contribution in [3.8, 4) is 0 Å². The summed E-state index contributed by atoms with van der Waals surface area (Å²) in [5.74, 6) is 0.489. The van der Waals surface area contributed by atoms with E-state index in [0.717, 1.165) is 31.6 Å². The van der Waals surface area contributed by atoms with Crippen LogP contribution in [0.5, 0.6) is 0 Å². The summed E-state index contributed by atoms with van der Waals surface area (Å²) in [5.41, 5.74) is 6.80. The molecule has 0 aromatic heterocycles. The lowest BCUT2D eigenvalue weighted by Crippen LogP contribution is -2.27. The summed E-state index contributed by atoms with van der Waals surface area (Å²) in [5, 5.41) is 3.08. The molecular weight excluding hydrogens is 236 g/mol. The Kier molecular flexibility index (Phi) is 6.97. The van der Waals surface area contributed by atoms with Gasteiger partial charge in [0.05, 0.1) is 0 Å². The van der Waals surface area contributed by atoms with Gasteiger partial charge in [-0.25, -0.2) is 0 Å². The van der Waals surface area contributed by atoms with Gasteiger partial charge in [0, 0.05) is 18.3 Å². The quantitative estimate of drug-likeness (QED) is 0.451. The number of hydrogen-bond donors (Lipinski definition) is 2. The van der Waals surface area contributed by atoms with Crippen LogP contribution in [-0.4, -0.2) is 37.0 Å². The van der Waals surface area contributed by atoms with Gasteiger partial charge in [-0.05, 0) is 52.4 Å². The number of hydrogen-bond acceptors (Lipinski definition) is 2. The van der Waals surface area contributed by atoms with Crippen LogP contribution in [0, 0.1) is 0 Å². The first-order chi connectivity index (χ1) is 9.09. The van der Waals surface area contributed by atoms with Gasteiger partial charge in [-0.3, -0.25) is 4.99 Å². The van der Waals surface area contributed by atoms with E-state index in [1.165, 1.54) is 0 Å². The molecule has 0 saturated carbocycles. The summed E-state index contributed by atoms with van der Waals surface area (Å²) in [6.45, 7) is 6.30. The second kappa shape index (κ2) is 8.53. The topological polar surface area (TPSA) is 53.6 Å². The number of unbranched alkanes of at least 4 members (excludes halogenated alkanes) is 1. The van der Waals surface area contributed by atoms with E-state index in [9.17, 15) is 0 Å². The van der Waals surface area contributed by atoms with Crippen LogP contribution in [0.25, 0.3) is 0 Å². The molecule has 0 aliphatic heterocycles. The largest absolute Gasteiger partial charge is 0.370 e. The number of nitrogens with two attached hydrogens (primary N) is 1. The Balaban J connectivity index is 2.18. The maximum atomic E-state index is 5.82. The van der Waals surface area contributed by atoms with Crippen molar-refractivity contribution in [1.82, 2.24) is 4.90 Å². The van der Waals surface area contributed by atoms with Crippen molar-refractivity contribution < 1.29 is 0 Å². The number of benzene rings is 1. The molecule has 0 fully saturated rings. The molecule has 0 radical (unpaired) electrons. The van der Waals surface area contributed by atoms with Gasteiger partial charge in [-0.1, -0.05) is 18.2 Å². The minimum Gasteiger partial charge on any atom is -0.370 e. The fourth-order valence-corrected chi connectivity index (χ4v) is 1.64. The highest BCUT2D eigenvalue weighted by molar-refractivity contribution is 5.92. The van der Waals surface area contributed by atoms with E-state index in [4.69, 9.17) is 5.73 Å². The van der Waals surface area contributed by atoms with Gasteiger partial charge in [-0.2, -0.15) is 0 Å². The summed E-state index contributed by atoms with van der Waals surface area (Å²) in [6, 6.07) is 10.5. The van der Waals surface area contributed by atoms with E-state index in [0.29, 0.717) is 12.0 Å². The van der Waals surface area contributed by atoms with E-state index in [-0.39, 0.29) is 0 Å². The Morgan fingerprint density at radius 3 is 2.58 bits per heavy atom.